The third-order valence-electron chi connectivity index (χ3n) is 4.12. The molecular formula is C18H17ClN4. The van der Waals surface area contributed by atoms with Crippen molar-refractivity contribution in [3.05, 3.63) is 63.1 Å². The van der Waals surface area contributed by atoms with Crippen molar-refractivity contribution >= 4 is 17.2 Å². The topological polar surface area (TPSA) is 54.0 Å². The van der Waals surface area contributed by atoms with Crippen LogP contribution in [0.2, 0.25) is 5.15 Å². The highest BCUT2D eigenvalue weighted by Gasteiger charge is 2.17. The van der Waals surface area contributed by atoms with E-state index >= 15 is 0 Å². The highest BCUT2D eigenvalue weighted by molar-refractivity contribution is 6.30. The Morgan fingerprint density at radius 1 is 1.13 bits per heavy atom. The normalized spacial score (nSPS) is 10.9. The first kappa shape index (κ1) is 15.5. The summed E-state index contributed by atoms with van der Waals surface area (Å²) in [4.78, 5) is 4.72. The molecule has 2 aromatic heterocycles. The maximum absolute atomic E-state index is 8.88. The van der Waals surface area contributed by atoms with Crippen molar-refractivity contribution in [2.45, 2.75) is 33.6 Å². The van der Waals surface area contributed by atoms with Gasteiger partial charge in [-0.3, -0.25) is 0 Å². The third-order valence-corrected chi connectivity index (χ3v) is 4.51. The summed E-state index contributed by atoms with van der Waals surface area (Å²) in [6, 6.07) is 9.66. The minimum Gasteiger partial charge on any atom is -0.233 e. The predicted octanol–water partition coefficient (Wildman–Crippen LogP) is 4.02. The van der Waals surface area contributed by atoms with Gasteiger partial charge in [0.05, 0.1) is 17.3 Å². The standard InChI is InChI=1S/C18H17ClN4/c1-4-15-12(3)22-23-17(19)16(11(2)21-18(15)23)9-13-5-7-14(10-20)8-6-13/h5-8H,4,9H2,1-3H3. The molecule has 0 aliphatic heterocycles. The van der Waals surface area contributed by atoms with E-state index in [-0.39, 0.29) is 0 Å². The van der Waals surface area contributed by atoms with Gasteiger partial charge in [-0.15, -0.1) is 0 Å². The predicted molar refractivity (Wildman–Crippen MR) is 90.8 cm³/mol. The van der Waals surface area contributed by atoms with E-state index in [0.717, 1.165) is 40.1 Å². The van der Waals surface area contributed by atoms with Crippen LogP contribution in [0.25, 0.3) is 5.65 Å². The fraction of sp³-hybridized carbons (Fsp3) is 0.278. The van der Waals surface area contributed by atoms with Gasteiger partial charge in [0.25, 0.3) is 0 Å². The molecule has 3 rings (SSSR count). The van der Waals surface area contributed by atoms with E-state index in [2.05, 4.69) is 18.1 Å². The smallest absolute Gasteiger partial charge is 0.160 e. The van der Waals surface area contributed by atoms with E-state index in [1.807, 2.05) is 38.1 Å². The lowest BCUT2D eigenvalue weighted by molar-refractivity contribution is 0.887. The van der Waals surface area contributed by atoms with Gasteiger partial charge in [-0.25, -0.2) is 9.50 Å². The van der Waals surface area contributed by atoms with E-state index in [1.54, 1.807) is 4.52 Å². The number of hydrogen-bond acceptors (Lipinski definition) is 3. The lowest BCUT2D eigenvalue weighted by atomic mass is 10.0. The highest BCUT2D eigenvalue weighted by atomic mass is 35.5. The number of aromatic nitrogens is 3. The average Bonchev–Trinajstić information content (AvgIpc) is 2.87. The number of hydrogen-bond donors (Lipinski definition) is 0. The largest absolute Gasteiger partial charge is 0.233 e. The molecule has 0 spiro atoms. The van der Waals surface area contributed by atoms with E-state index in [9.17, 15) is 0 Å². The Labute approximate surface area is 140 Å². The van der Waals surface area contributed by atoms with Gasteiger partial charge in [0.1, 0.15) is 5.15 Å². The molecule has 0 saturated carbocycles. The lowest BCUT2D eigenvalue weighted by Gasteiger charge is -2.10. The van der Waals surface area contributed by atoms with Crippen molar-refractivity contribution in [2.75, 3.05) is 0 Å². The summed E-state index contributed by atoms with van der Waals surface area (Å²) in [5.74, 6) is 0. The molecule has 0 bridgehead atoms. The molecule has 5 heteroatoms. The second-order valence-corrected chi connectivity index (χ2v) is 5.96. The first-order valence-electron chi connectivity index (χ1n) is 7.57. The van der Waals surface area contributed by atoms with Crippen molar-refractivity contribution in [1.29, 1.82) is 5.26 Å². The van der Waals surface area contributed by atoms with Crippen LogP contribution in [0.4, 0.5) is 0 Å². The first-order chi connectivity index (χ1) is 11.0. The Balaban J connectivity index is 2.08. The van der Waals surface area contributed by atoms with Crippen LogP contribution in [0.3, 0.4) is 0 Å². The van der Waals surface area contributed by atoms with Gasteiger partial charge in [-0.1, -0.05) is 30.7 Å². The van der Waals surface area contributed by atoms with E-state index in [1.165, 1.54) is 0 Å². The maximum atomic E-state index is 8.88. The maximum Gasteiger partial charge on any atom is 0.160 e. The molecule has 0 N–H and O–H groups in total. The van der Waals surface area contributed by atoms with Crippen molar-refractivity contribution in [3.8, 4) is 6.07 Å². The molecule has 0 atom stereocenters. The summed E-state index contributed by atoms with van der Waals surface area (Å²) in [5.41, 5.74) is 6.58. The van der Waals surface area contributed by atoms with Gasteiger partial charge < -0.3 is 0 Å². The molecule has 23 heavy (non-hydrogen) atoms. The molecule has 0 unspecified atom stereocenters. The molecule has 3 aromatic rings. The highest BCUT2D eigenvalue weighted by Crippen LogP contribution is 2.26. The zero-order chi connectivity index (χ0) is 16.6. The molecule has 0 aliphatic rings. The molecule has 4 nitrogen and oxygen atoms in total. The molecule has 0 saturated heterocycles. The van der Waals surface area contributed by atoms with Crippen LogP contribution in [0, 0.1) is 25.2 Å². The first-order valence-corrected chi connectivity index (χ1v) is 7.95. The van der Waals surface area contributed by atoms with Crippen LogP contribution in [-0.2, 0) is 12.8 Å². The molecule has 116 valence electrons. The number of fused-ring (bicyclic) bond motifs is 1. The Kier molecular flexibility index (Phi) is 4.06. The summed E-state index contributed by atoms with van der Waals surface area (Å²) in [6.45, 7) is 6.06. The fourth-order valence-electron chi connectivity index (χ4n) is 2.82. The van der Waals surface area contributed by atoms with E-state index in [4.69, 9.17) is 21.8 Å². The second-order valence-electron chi connectivity index (χ2n) is 5.61. The number of rotatable bonds is 3. The van der Waals surface area contributed by atoms with Crippen LogP contribution in [0.5, 0.6) is 0 Å². The minimum atomic E-state index is 0.611. The lowest BCUT2D eigenvalue weighted by Crippen LogP contribution is -2.04. The molecule has 0 radical (unpaired) electrons. The van der Waals surface area contributed by atoms with Crippen LogP contribution < -0.4 is 0 Å². The van der Waals surface area contributed by atoms with Crippen LogP contribution in [0.1, 0.15) is 40.6 Å². The van der Waals surface area contributed by atoms with Crippen molar-refractivity contribution < 1.29 is 0 Å². The SMILES string of the molecule is CCc1c(C)nn2c(Cl)c(Cc3ccc(C#N)cc3)c(C)nc12. The zero-order valence-electron chi connectivity index (χ0n) is 13.4. The fourth-order valence-corrected chi connectivity index (χ4v) is 3.14. The summed E-state index contributed by atoms with van der Waals surface area (Å²) in [7, 11) is 0. The van der Waals surface area contributed by atoms with Gasteiger partial charge in [0.15, 0.2) is 5.65 Å². The Morgan fingerprint density at radius 3 is 2.43 bits per heavy atom. The van der Waals surface area contributed by atoms with Crippen molar-refractivity contribution in [2.24, 2.45) is 0 Å². The zero-order valence-corrected chi connectivity index (χ0v) is 14.1. The summed E-state index contributed by atoms with van der Waals surface area (Å²) < 4.78 is 1.74. The number of benzene rings is 1. The van der Waals surface area contributed by atoms with Crippen molar-refractivity contribution in [1.82, 2.24) is 14.6 Å². The molecular weight excluding hydrogens is 308 g/mol. The second kappa shape index (κ2) is 6.02. The minimum absolute atomic E-state index is 0.611. The van der Waals surface area contributed by atoms with Gasteiger partial charge in [-0.2, -0.15) is 10.4 Å². The monoisotopic (exact) mass is 324 g/mol. The Hall–Kier alpha value is -2.38. The molecule has 1 aromatic carbocycles. The summed E-state index contributed by atoms with van der Waals surface area (Å²) in [6.07, 6.45) is 1.55. The summed E-state index contributed by atoms with van der Waals surface area (Å²) >= 11 is 6.61. The van der Waals surface area contributed by atoms with Crippen LogP contribution >= 0.6 is 11.6 Å². The molecule has 0 fully saturated rings. The van der Waals surface area contributed by atoms with Crippen LogP contribution in [0.15, 0.2) is 24.3 Å². The number of nitriles is 1. The average molecular weight is 325 g/mol. The van der Waals surface area contributed by atoms with Gasteiger partial charge in [-0.05, 0) is 38.0 Å². The van der Waals surface area contributed by atoms with Gasteiger partial charge in [0.2, 0.25) is 0 Å². The quantitative estimate of drug-likeness (QED) is 0.684. The number of nitrogens with zero attached hydrogens (tertiary/aromatic N) is 4. The molecule has 0 amide bonds. The van der Waals surface area contributed by atoms with E-state index < -0.39 is 0 Å². The number of aryl methyl sites for hydroxylation is 3. The molecule has 0 aliphatic carbocycles. The Morgan fingerprint density at radius 2 is 1.83 bits per heavy atom. The third kappa shape index (κ3) is 2.69. The van der Waals surface area contributed by atoms with E-state index in [0.29, 0.717) is 17.1 Å². The number of halogens is 1. The van der Waals surface area contributed by atoms with Gasteiger partial charge >= 0.3 is 0 Å². The van der Waals surface area contributed by atoms with Crippen LogP contribution in [-0.4, -0.2) is 14.6 Å². The van der Waals surface area contributed by atoms with Crippen molar-refractivity contribution in [3.63, 3.8) is 0 Å². The van der Waals surface area contributed by atoms with Gasteiger partial charge in [0, 0.05) is 23.2 Å². The Bertz CT molecular complexity index is 917. The molecule has 2 heterocycles. The summed E-state index contributed by atoms with van der Waals surface area (Å²) in [5, 5.41) is 14.0.